The van der Waals surface area contributed by atoms with Gasteiger partial charge < -0.3 is 5.73 Å². The van der Waals surface area contributed by atoms with Crippen molar-refractivity contribution < 1.29 is 0 Å². The van der Waals surface area contributed by atoms with Crippen molar-refractivity contribution in [1.29, 1.82) is 0 Å². The minimum atomic E-state index is 0.307. The Morgan fingerprint density at radius 3 is 2.47 bits per heavy atom. The number of benzene rings is 1. The van der Waals surface area contributed by atoms with Gasteiger partial charge in [-0.1, -0.05) is 75.1 Å². The van der Waals surface area contributed by atoms with Gasteiger partial charge in [0.2, 0.25) is 0 Å². The second-order valence-corrected chi connectivity index (χ2v) is 5.40. The van der Waals surface area contributed by atoms with E-state index < -0.39 is 0 Å². The predicted molar refractivity (Wildman–Crippen MR) is 86.1 cm³/mol. The van der Waals surface area contributed by atoms with Gasteiger partial charge >= 0.3 is 0 Å². The first-order valence-corrected chi connectivity index (χ1v) is 7.76. The first kappa shape index (κ1) is 16.0. The van der Waals surface area contributed by atoms with E-state index in [1.54, 1.807) is 0 Å². The Labute approximate surface area is 118 Å². The molecule has 0 aliphatic carbocycles. The molecule has 1 atom stereocenters. The van der Waals surface area contributed by atoms with Crippen LogP contribution in [0.4, 0.5) is 0 Å². The number of unbranched alkanes of at least 4 members (excludes halogenated alkanes) is 3. The van der Waals surface area contributed by atoms with E-state index in [0.29, 0.717) is 6.04 Å². The minimum absolute atomic E-state index is 0.307. The van der Waals surface area contributed by atoms with Crippen molar-refractivity contribution in [3.05, 3.63) is 41.5 Å². The van der Waals surface area contributed by atoms with Gasteiger partial charge in [-0.25, -0.2) is 0 Å². The van der Waals surface area contributed by atoms with Gasteiger partial charge in [0.05, 0.1) is 0 Å². The molecule has 0 amide bonds. The van der Waals surface area contributed by atoms with Crippen LogP contribution in [-0.4, -0.2) is 6.04 Å². The van der Waals surface area contributed by atoms with Gasteiger partial charge in [-0.2, -0.15) is 0 Å². The van der Waals surface area contributed by atoms with Crippen molar-refractivity contribution in [2.75, 3.05) is 0 Å². The normalized spacial score (nSPS) is 13.5. The van der Waals surface area contributed by atoms with Gasteiger partial charge in [-0.15, -0.1) is 0 Å². The minimum Gasteiger partial charge on any atom is -0.327 e. The fourth-order valence-corrected chi connectivity index (χ4v) is 2.28. The average molecular weight is 259 g/mol. The smallest absolute Gasteiger partial charge is 0.00735 e. The first-order valence-electron chi connectivity index (χ1n) is 7.76. The highest BCUT2D eigenvalue weighted by molar-refractivity contribution is 5.52. The van der Waals surface area contributed by atoms with E-state index >= 15 is 0 Å². The topological polar surface area (TPSA) is 26.0 Å². The van der Waals surface area contributed by atoms with Gasteiger partial charge in [0.1, 0.15) is 0 Å². The SMILES string of the molecule is CCCCCC/C(=C\c1ccccc1)CC(N)CC. The summed E-state index contributed by atoms with van der Waals surface area (Å²) in [6, 6.07) is 10.9. The molecule has 1 rings (SSSR count). The summed E-state index contributed by atoms with van der Waals surface area (Å²) in [5, 5.41) is 0. The number of nitrogens with two attached hydrogens (primary N) is 1. The molecule has 106 valence electrons. The number of hydrogen-bond acceptors (Lipinski definition) is 1. The second-order valence-electron chi connectivity index (χ2n) is 5.40. The van der Waals surface area contributed by atoms with E-state index in [1.807, 2.05) is 0 Å². The third-order valence-electron chi connectivity index (χ3n) is 3.57. The van der Waals surface area contributed by atoms with Crippen molar-refractivity contribution in [2.24, 2.45) is 5.73 Å². The Morgan fingerprint density at radius 2 is 1.84 bits per heavy atom. The van der Waals surface area contributed by atoms with Crippen molar-refractivity contribution in [3.63, 3.8) is 0 Å². The second kappa shape index (κ2) is 9.80. The van der Waals surface area contributed by atoms with Crippen LogP contribution >= 0.6 is 0 Å². The van der Waals surface area contributed by atoms with Gasteiger partial charge in [0.15, 0.2) is 0 Å². The summed E-state index contributed by atoms with van der Waals surface area (Å²) in [5.74, 6) is 0. The van der Waals surface area contributed by atoms with Crippen LogP contribution in [0.25, 0.3) is 6.08 Å². The molecule has 0 saturated heterocycles. The van der Waals surface area contributed by atoms with E-state index in [4.69, 9.17) is 5.73 Å². The predicted octanol–water partition coefficient (Wildman–Crippen LogP) is 5.17. The number of hydrogen-bond donors (Lipinski definition) is 1. The molecule has 1 unspecified atom stereocenters. The Balaban J connectivity index is 2.60. The van der Waals surface area contributed by atoms with Crippen LogP contribution < -0.4 is 5.73 Å². The van der Waals surface area contributed by atoms with E-state index in [1.165, 1.54) is 43.2 Å². The summed E-state index contributed by atoms with van der Waals surface area (Å²) in [4.78, 5) is 0. The summed E-state index contributed by atoms with van der Waals surface area (Å²) in [5.41, 5.74) is 8.93. The van der Waals surface area contributed by atoms with E-state index in [9.17, 15) is 0 Å². The third-order valence-corrected chi connectivity index (χ3v) is 3.57. The maximum atomic E-state index is 6.12. The molecule has 1 aromatic rings. The van der Waals surface area contributed by atoms with Crippen molar-refractivity contribution in [1.82, 2.24) is 0 Å². The fourth-order valence-electron chi connectivity index (χ4n) is 2.28. The van der Waals surface area contributed by atoms with E-state index in [2.05, 4.69) is 50.3 Å². The molecule has 1 nitrogen and oxygen atoms in total. The van der Waals surface area contributed by atoms with Crippen LogP contribution in [-0.2, 0) is 0 Å². The molecule has 0 fully saturated rings. The molecule has 0 aromatic heterocycles. The maximum Gasteiger partial charge on any atom is 0.00735 e. The Hall–Kier alpha value is -1.08. The summed E-state index contributed by atoms with van der Waals surface area (Å²) in [6.07, 6.45) is 10.9. The van der Waals surface area contributed by atoms with Gasteiger partial charge in [-0.3, -0.25) is 0 Å². The van der Waals surface area contributed by atoms with Crippen LogP contribution in [0.2, 0.25) is 0 Å². The molecular weight excluding hydrogens is 230 g/mol. The molecular formula is C18H29N. The Kier molecular flexibility index (Phi) is 8.24. The highest BCUT2D eigenvalue weighted by atomic mass is 14.6. The maximum absolute atomic E-state index is 6.12. The molecule has 0 radical (unpaired) electrons. The highest BCUT2D eigenvalue weighted by Gasteiger charge is 2.05. The summed E-state index contributed by atoms with van der Waals surface area (Å²) < 4.78 is 0. The number of rotatable bonds is 9. The lowest BCUT2D eigenvalue weighted by Gasteiger charge is -2.13. The zero-order valence-electron chi connectivity index (χ0n) is 12.6. The summed E-state index contributed by atoms with van der Waals surface area (Å²) in [6.45, 7) is 4.43. The van der Waals surface area contributed by atoms with Crippen LogP contribution in [0.1, 0.15) is 64.4 Å². The van der Waals surface area contributed by atoms with Crippen molar-refractivity contribution in [3.8, 4) is 0 Å². The van der Waals surface area contributed by atoms with Crippen molar-refractivity contribution >= 4 is 6.08 Å². The zero-order valence-corrected chi connectivity index (χ0v) is 12.6. The lowest BCUT2D eigenvalue weighted by Crippen LogP contribution is -2.19. The van der Waals surface area contributed by atoms with Gasteiger partial charge in [-0.05, 0) is 31.2 Å². The van der Waals surface area contributed by atoms with Crippen LogP contribution in [0.5, 0.6) is 0 Å². The molecule has 1 heteroatoms. The Morgan fingerprint density at radius 1 is 1.11 bits per heavy atom. The van der Waals surface area contributed by atoms with Gasteiger partial charge in [0.25, 0.3) is 0 Å². The van der Waals surface area contributed by atoms with Gasteiger partial charge in [0, 0.05) is 6.04 Å². The lowest BCUT2D eigenvalue weighted by atomic mass is 9.97. The summed E-state index contributed by atoms with van der Waals surface area (Å²) in [7, 11) is 0. The lowest BCUT2D eigenvalue weighted by molar-refractivity contribution is 0.605. The quantitative estimate of drug-likeness (QED) is 0.608. The monoisotopic (exact) mass is 259 g/mol. The molecule has 0 aliphatic rings. The average Bonchev–Trinajstić information content (AvgIpc) is 2.44. The molecule has 0 heterocycles. The van der Waals surface area contributed by atoms with Crippen LogP contribution in [0, 0.1) is 0 Å². The molecule has 19 heavy (non-hydrogen) atoms. The molecule has 0 saturated carbocycles. The molecule has 2 N–H and O–H groups in total. The highest BCUT2D eigenvalue weighted by Crippen LogP contribution is 2.19. The largest absolute Gasteiger partial charge is 0.327 e. The van der Waals surface area contributed by atoms with Crippen LogP contribution in [0.3, 0.4) is 0 Å². The summed E-state index contributed by atoms with van der Waals surface area (Å²) >= 11 is 0. The molecule has 1 aromatic carbocycles. The van der Waals surface area contributed by atoms with E-state index in [0.717, 1.165) is 12.8 Å². The van der Waals surface area contributed by atoms with E-state index in [-0.39, 0.29) is 0 Å². The standard InChI is InChI=1S/C18H29N/c1-3-5-6-8-13-17(15-18(19)4-2)14-16-11-9-7-10-12-16/h7,9-12,14,18H,3-6,8,13,15,19H2,1-2H3/b17-14+. The van der Waals surface area contributed by atoms with Crippen molar-refractivity contribution in [2.45, 2.75) is 64.8 Å². The molecule has 0 bridgehead atoms. The molecule has 0 spiro atoms. The first-order chi connectivity index (χ1) is 9.26. The molecule has 0 aliphatic heterocycles. The van der Waals surface area contributed by atoms with Crippen LogP contribution in [0.15, 0.2) is 35.9 Å². The Bertz CT molecular complexity index is 353. The fraction of sp³-hybridized carbons (Fsp3) is 0.556. The third kappa shape index (κ3) is 7.17. The zero-order chi connectivity index (χ0) is 13.9.